The van der Waals surface area contributed by atoms with E-state index in [1.54, 1.807) is 0 Å². The molecule has 0 fully saturated rings. The third-order valence-electron chi connectivity index (χ3n) is 1.71. The van der Waals surface area contributed by atoms with Crippen LogP contribution in [0, 0.1) is 6.92 Å². The summed E-state index contributed by atoms with van der Waals surface area (Å²) in [5, 5.41) is 0. The molecule has 0 aliphatic carbocycles. The average Bonchev–Trinajstić information content (AvgIpc) is 2.15. The Morgan fingerprint density at radius 2 is 2.08 bits per heavy atom. The number of rotatable bonds is 3. The van der Waals surface area contributed by atoms with Gasteiger partial charge in [0.05, 0.1) is 0 Å². The summed E-state index contributed by atoms with van der Waals surface area (Å²) in [6, 6.07) is 8.24. The van der Waals surface area contributed by atoms with E-state index in [2.05, 4.69) is 36.2 Å². The standard InChI is InChI=1S/C11H11NO/c1-10-4-6-11(7-5-10)3-2-8-12-9-13/h2,4-8H,3H2,1H3/b8-2-. The van der Waals surface area contributed by atoms with Crippen molar-refractivity contribution in [1.82, 2.24) is 0 Å². The minimum atomic E-state index is 0.797. The highest BCUT2D eigenvalue weighted by molar-refractivity contribution is 5.34. The third-order valence-corrected chi connectivity index (χ3v) is 1.71. The quantitative estimate of drug-likeness (QED) is 0.509. The maximum atomic E-state index is 9.72. The maximum absolute atomic E-state index is 9.72. The summed E-state index contributed by atoms with van der Waals surface area (Å²) in [6.07, 6.45) is 5.54. The Kier molecular flexibility index (Phi) is 3.68. The molecule has 2 heteroatoms. The summed E-state index contributed by atoms with van der Waals surface area (Å²) in [5.74, 6) is 0. The summed E-state index contributed by atoms with van der Waals surface area (Å²) >= 11 is 0. The number of carbonyl (C=O) groups excluding carboxylic acids is 1. The zero-order chi connectivity index (χ0) is 9.52. The monoisotopic (exact) mass is 173 g/mol. The first-order valence-corrected chi connectivity index (χ1v) is 4.10. The molecule has 0 atom stereocenters. The number of hydrogen-bond acceptors (Lipinski definition) is 2. The molecule has 0 saturated carbocycles. The lowest BCUT2D eigenvalue weighted by Gasteiger charge is -1.95. The van der Waals surface area contributed by atoms with Gasteiger partial charge in [-0.3, -0.25) is 0 Å². The summed E-state index contributed by atoms with van der Waals surface area (Å²) < 4.78 is 0. The van der Waals surface area contributed by atoms with Crippen LogP contribution >= 0.6 is 0 Å². The fraction of sp³-hybridized carbons (Fsp3) is 0.182. The summed E-state index contributed by atoms with van der Waals surface area (Å²) in [6.45, 7) is 2.05. The van der Waals surface area contributed by atoms with Gasteiger partial charge in [-0.25, -0.2) is 4.79 Å². The topological polar surface area (TPSA) is 29.4 Å². The highest BCUT2D eigenvalue weighted by atomic mass is 16.1. The summed E-state index contributed by atoms with van der Waals surface area (Å²) in [5.41, 5.74) is 2.46. The Morgan fingerprint density at radius 3 is 2.69 bits per heavy atom. The molecule has 0 aromatic heterocycles. The minimum absolute atomic E-state index is 0.797. The first kappa shape index (κ1) is 9.43. The summed E-state index contributed by atoms with van der Waals surface area (Å²) in [4.78, 5) is 13.0. The van der Waals surface area contributed by atoms with E-state index in [1.165, 1.54) is 23.4 Å². The van der Waals surface area contributed by atoms with Gasteiger partial charge in [0, 0.05) is 6.20 Å². The SMILES string of the molecule is Cc1ccc(C/C=C\N=C=O)cc1. The fourth-order valence-corrected chi connectivity index (χ4v) is 0.996. The second-order valence-electron chi connectivity index (χ2n) is 2.79. The zero-order valence-electron chi connectivity index (χ0n) is 7.53. The molecule has 0 aliphatic heterocycles. The van der Waals surface area contributed by atoms with Gasteiger partial charge >= 0.3 is 0 Å². The largest absolute Gasteiger partial charge is 0.239 e. The second-order valence-corrected chi connectivity index (χ2v) is 2.79. The molecule has 0 amide bonds. The number of isocyanates is 1. The van der Waals surface area contributed by atoms with Gasteiger partial charge in [-0.15, -0.1) is 0 Å². The van der Waals surface area contributed by atoms with Crippen LogP contribution < -0.4 is 0 Å². The van der Waals surface area contributed by atoms with Crippen molar-refractivity contribution in [2.45, 2.75) is 13.3 Å². The molecule has 0 spiro atoms. The first-order chi connectivity index (χ1) is 6.33. The van der Waals surface area contributed by atoms with E-state index < -0.39 is 0 Å². The Balaban J connectivity index is 2.55. The summed E-state index contributed by atoms with van der Waals surface area (Å²) in [7, 11) is 0. The van der Waals surface area contributed by atoms with E-state index in [0.29, 0.717) is 0 Å². The molecule has 1 rings (SSSR count). The number of hydrogen-bond donors (Lipinski definition) is 0. The Bertz CT molecular complexity index is 332. The fourth-order valence-electron chi connectivity index (χ4n) is 0.996. The highest BCUT2D eigenvalue weighted by Gasteiger charge is 1.87. The van der Waals surface area contributed by atoms with Crippen LogP contribution in [0.4, 0.5) is 0 Å². The highest BCUT2D eigenvalue weighted by Crippen LogP contribution is 2.03. The van der Waals surface area contributed by atoms with Crippen LogP contribution in [0.1, 0.15) is 11.1 Å². The van der Waals surface area contributed by atoms with Crippen molar-refractivity contribution in [2.24, 2.45) is 4.99 Å². The molecule has 13 heavy (non-hydrogen) atoms. The number of nitrogens with zero attached hydrogens (tertiary/aromatic N) is 1. The van der Waals surface area contributed by atoms with E-state index in [4.69, 9.17) is 0 Å². The van der Waals surface area contributed by atoms with Crippen LogP contribution in [0.5, 0.6) is 0 Å². The molecule has 0 heterocycles. The number of aryl methyl sites for hydroxylation is 1. The zero-order valence-corrected chi connectivity index (χ0v) is 7.53. The molecule has 0 N–H and O–H groups in total. The van der Waals surface area contributed by atoms with E-state index in [1.807, 2.05) is 6.08 Å². The molecule has 1 aromatic carbocycles. The van der Waals surface area contributed by atoms with Gasteiger partial charge < -0.3 is 0 Å². The first-order valence-electron chi connectivity index (χ1n) is 4.10. The van der Waals surface area contributed by atoms with Crippen molar-refractivity contribution >= 4 is 6.08 Å². The molecular weight excluding hydrogens is 162 g/mol. The van der Waals surface area contributed by atoms with Gasteiger partial charge in [0.1, 0.15) is 0 Å². The van der Waals surface area contributed by atoms with Gasteiger partial charge in [0.25, 0.3) is 0 Å². The maximum Gasteiger partial charge on any atom is 0.239 e. The van der Waals surface area contributed by atoms with Crippen molar-refractivity contribution in [2.75, 3.05) is 0 Å². The smallest absolute Gasteiger partial charge is 0.211 e. The third kappa shape index (κ3) is 3.50. The van der Waals surface area contributed by atoms with Gasteiger partial charge in [-0.2, -0.15) is 4.99 Å². The molecular formula is C11H11NO. The van der Waals surface area contributed by atoms with Crippen LogP contribution in [0.15, 0.2) is 41.5 Å². The van der Waals surface area contributed by atoms with Crippen molar-refractivity contribution < 1.29 is 4.79 Å². The molecule has 0 unspecified atom stereocenters. The number of benzene rings is 1. The Morgan fingerprint density at radius 1 is 1.38 bits per heavy atom. The minimum Gasteiger partial charge on any atom is -0.211 e. The molecule has 1 aromatic rings. The second kappa shape index (κ2) is 5.07. The van der Waals surface area contributed by atoms with Gasteiger partial charge in [-0.05, 0) is 18.9 Å². The van der Waals surface area contributed by atoms with Gasteiger partial charge in [0.15, 0.2) is 0 Å². The predicted molar refractivity (Wildman–Crippen MR) is 52.1 cm³/mol. The Hall–Kier alpha value is -1.66. The molecule has 66 valence electrons. The van der Waals surface area contributed by atoms with Crippen LogP contribution in [-0.2, 0) is 11.2 Å². The molecule has 0 bridgehead atoms. The number of aliphatic imine (C=N–C) groups is 1. The van der Waals surface area contributed by atoms with Crippen molar-refractivity contribution in [3.8, 4) is 0 Å². The Labute approximate surface area is 77.6 Å². The molecule has 0 aliphatic rings. The lowest BCUT2D eigenvalue weighted by Crippen LogP contribution is -1.80. The molecule has 0 saturated heterocycles. The molecule has 2 nitrogen and oxygen atoms in total. The van der Waals surface area contributed by atoms with E-state index >= 15 is 0 Å². The van der Waals surface area contributed by atoms with Gasteiger partial charge in [0.2, 0.25) is 6.08 Å². The molecule has 0 radical (unpaired) electrons. The normalized spacial score (nSPS) is 9.92. The number of allylic oxidation sites excluding steroid dienone is 1. The van der Waals surface area contributed by atoms with Gasteiger partial charge in [-0.1, -0.05) is 35.9 Å². The van der Waals surface area contributed by atoms with E-state index in [-0.39, 0.29) is 0 Å². The van der Waals surface area contributed by atoms with Crippen molar-refractivity contribution in [3.05, 3.63) is 47.7 Å². The van der Waals surface area contributed by atoms with Crippen LogP contribution in [0.3, 0.4) is 0 Å². The van der Waals surface area contributed by atoms with Crippen molar-refractivity contribution in [1.29, 1.82) is 0 Å². The average molecular weight is 173 g/mol. The lowest BCUT2D eigenvalue weighted by atomic mass is 10.1. The van der Waals surface area contributed by atoms with Crippen LogP contribution in [0.2, 0.25) is 0 Å². The van der Waals surface area contributed by atoms with Crippen molar-refractivity contribution in [3.63, 3.8) is 0 Å². The predicted octanol–water partition coefficient (Wildman–Crippen LogP) is 2.39. The van der Waals surface area contributed by atoms with Crippen LogP contribution in [-0.4, -0.2) is 6.08 Å². The van der Waals surface area contributed by atoms with E-state index in [9.17, 15) is 4.79 Å². The van der Waals surface area contributed by atoms with Crippen LogP contribution in [0.25, 0.3) is 0 Å². The van der Waals surface area contributed by atoms with E-state index in [0.717, 1.165) is 6.42 Å². The lowest BCUT2D eigenvalue weighted by molar-refractivity contribution is 0.565.